The van der Waals surface area contributed by atoms with Gasteiger partial charge in [0.25, 0.3) is 0 Å². The first-order valence-electron chi connectivity index (χ1n) is 7.96. The number of hydrogen-bond donors (Lipinski definition) is 1. The van der Waals surface area contributed by atoms with Gasteiger partial charge in [0.15, 0.2) is 0 Å². The third kappa shape index (κ3) is 7.17. The van der Waals surface area contributed by atoms with Gasteiger partial charge in [0.2, 0.25) is 0 Å². The summed E-state index contributed by atoms with van der Waals surface area (Å²) in [6, 6.07) is 8.09. The summed E-state index contributed by atoms with van der Waals surface area (Å²) in [6.07, 6.45) is 4.05. The number of rotatable bonds is 2. The summed E-state index contributed by atoms with van der Waals surface area (Å²) < 4.78 is 10.6. The highest BCUT2D eigenvalue weighted by Crippen LogP contribution is 2.21. The minimum absolute atomic E-state index is 0.659. The number of ether oxygens (including phenoxy) is 2. The van der Waals surface area contributed by atoms with E-state index in [1.165, 1.54) is 0 Å². The molecule has 0 bridgehead atoms. The molecule has 0 aromatic heterocycles. The van der Waals surface area contributed by atoms with Crippen LogP contribution in [0.15, 0.2) is 30.3 Å². The zero-order valence-corrected chi connectivity index (χ0v) is 15.6. The Balaban J connectivity index is 3.11. The molecule has 0 aliphatic heterocycles. The van der Waals surface area contributed by atoms with Crippen molar-refractivity contribution in [2.24, 2.45) is 0 Å². The fraction of sp³-hybridized carbons (Fsp3) is 0.474. The molecular weight excluding hydrogens is 320 g/mol. The lowest BCUT2D eigenvalue weighted by Crippen LogP contribution is -2.51. The lowest BCUT2D eigenvalue weighted by molar-refractivity contribution is -0.00433. The molecule has 1 aromatic carbocycles. The Morgan fingerprint density at radius 3 is 2.00 bits per heavy atom. The molecule has 0 aliphatic carbocycles. The zero-order chi connectivity index (χ0) is 19.3. The molecule has 0 fully saturated rings. The van der Waals surface area contributed by atoms with E-state index >= 15 is 0 Å². The van der Waals surface area contributed by atoms with Gasteiger partial charge in [-0.25, -0.2) is 15.0 Å². The molecule has 0 heterocycles. The minimum Gasteiger partial charge on any atom is -0.443 e. The lowest BCUT2D eigenvalue weighted by atomic mass is 10.1. The molecule has 0 saturated heterocycles. The van der Waals surface area contributed by atoms with Gasteiger partial charge in [-0.2, -0.15) is 5.01 Å². The first kappa shape index (κ1) is 20.4. The average molecular weight is 346 g/mol. The highest BCUT2D eigenvalue weighted by molar-refractivity contribution is 5.75. The number of nitrogens with zero attached hydrogens (tertiary/aromatic N) is 1. The molecule has 6 nitrogen and oxygen atoms in total. The van der Waals surface area contributed by atoms with Crippen LogP contribution < -0.4 is 5.43 Å². The van der Waals surface area contributed by atoms with Crippen LogP contribution in [0.4, 0.5) is 9.59 Å². The maximum atomic E-state index is 12.6. The Kier molecular flexibility index (Phi) is 6.46. The summed E-state index contributed by atoms with van der Waals surface area (Å²) >= 11 is 0. The smallest absolute Gasteiger partial charge is 0.430 e. The predicted octanol–water partition coefficient (Wildman–Crippen LogP) is 4.04. The maximum absolute atomic E-state index is 12.6. The number of nitrogens with one attached hydrogen (secondary N) is 1. The van der Waals surface area contributed by atoms with Crippen LogP contribution in [0.1, 0.15) is 53.1 Å². The van der Waals surface area contributed by atoms with Gasteiger partial charge in [0, 0.05) is 0 Å². The molecule has 6 heteroatoms. The number of hydrogen-bond acceptors (Lipinski definition) is 4. The Morgan fingerprint density at radius 1 is 1.04 bits per heavy atom. The van der Waals surface area contributed by atoms with Crippen molar-refractivity contribution in [3.05, 3.63) is 35.9 Å². The topological polar surface area (TPSA) is 67.9 Å². The van der Waals surface area contributed by atoms with Gasteiger partial charge >= 0.3 is 12.2 Å². The molecule has 2 amide bonds. The lowest BCUT2D eigenvalue weighted by Gasteiger charge is -2.32. The van der Waals surface area contributed by atoms with Crippen molar-refractivity contribution in [1.82, 2.24) is 10.4 Å². The number of benzene rings is 1. The Morgan fingerprint density at radius 2 is 1.56 bits per heavy atom. The van der Waals surface area contributed by atoms with Crippen LogP contribution in [0.5, 0.6) is 0 Å². The van der Waals surface area contributed by atoms with Gasteiger partial charge in [-0.3, -0.25) is 0 Å². The van der Waals surface area contributed by atoms with Gasteiger partial charge in [-0.15, -0.1) is 6.42 Å². The second-order valence-corrected chi connectivity index (χ2v) is 7.44. The van der Waals surface area contributed by atoms with E-state index in [1.807, 2.05) is 6.07 Å². The zero-order valence-electron chi connectivity index (χ0n) is 15.6. The molecule has 0 radical (unpaired) electrons. The van der Waals surface area contributed by atoms with E-state index in [0.717, 1.165) is 5.01 Å². The van der Waals surface area contributed by atoms with E-state index in [4.69, 9.17) is 15.9 Å². The van der Waals surface area contributed by atoms with Gasteiger partial charge < -0.3 is 9.47 Å². The van der Waals surface area contributed by atoms with Crippen molar-refractivity contribution < 1.29 is 19.1 Å². The van der Waals surface area contributed by atoms with Gasteiger partial charge in [0.05, 0.1) is 0 Å². The molecule has 0 spiro atoms. The van der Waals surface area contributed by atoms with E-state index < -0.39 is 29.4 Å². The summed E-state index contributed by atoms with van der Waals surface area (Å²) in [7, 11) is 0. The fourth-order valence-corrected chi connectivity index (χ4v) is 1.88. The minimum atomic E-state index is -0.844. The van der Waals surface area contributed by atoms with Crippen LogP contribution in [0.2, 0.25) is 0 Å². The molecule has 1 aromatic rings. The van der Waals surface area contributed by atoms with Gasteiger partial charge in [0.1, 0.15) is 17.2 Å². The van der Waals surface area contributed by atoms with Crippen molar-refractivity contribution in [2.75, 3.05) is 0 Å². The van der Waals surface area contributed by atoms with Crippen LogP contribution in [-0.4, -0.2) is 28.4 Å². The van der Waals surface area contributed by atoms with Crippen LogP contribution in [0.3, 0.4) is 0 Å². The highest BCUT2D eigenvalue weighted by atomic mass is 16.6. The maximum Gasteiger partial charge on any atom is 0.430 e. The summed E-state index contributed by atoms with van der Waals surface area (Å²) in [5, 5.41) is 0.967. The second kappa shape index (κ2) is 7.93. The van der Waals surface area contributed by atoms with Gasteiger partial charge in [-0.05, 0) is 47.1 Å². The number of carbonyl (C=O) groups is 2. The number of terminal acetylenes is 1. The number of amides is 2. The van der Waals surface area contributed by atoms with E-state index in [-0.39, 0.29) is 0 Å². The summed E-state index contributed by atoms with van der Waals surface area (Å²) in [5.74, 6) is 2.51. The number of hydrazine groups is 1. The first-order chi connectivity index (χ1) is 11.4. The van der Waals surface area contributed by atoms with E-state index in [2.05, 4.69) is 11.3 Å². The Labute approximate surface area is 149 Å². The normalized spacial score (nSPS) is 12.5. The van der Waals surface area contributed by atoms with Crippen molar-refractivity contribution in [3.8, 4) is 12.3 Å². The molecule has 0 aliphatic rings. The van der Waals surface area contributed by atoms with Gasteiger partial charge in [-0.1, -0.05) is 36.3 Å². The molecule has 0 saturated carbocycles. The summed E-state index contributed by atoms with van der Waals surface area (Å²) in [6.45, 7) is 10.3. The average Bonchev–Trinajstić information content (AvgIpc) is 2.44. The monoisotopic (exact) mass is 346 g/mol. The largest absolute Gasteiger partial charge is 0.443 e. The van der Waals surface area contributed by atoms with Crippen LogP contribution in [-0.2, 0) is 9.47 Å². The summed E-state index contributed by atoms with van der Waals surface area (Å²) in [5.41, 5.74) is 1.59. The van der Waals surface area contributed by atoms with Crippen molar-refractivity contribution in [1.29, 1.82) is 0 Å². The molecule has 25 heavy (non-hydrogen) atoms. The van der Waals surface area contributed by atoms with E-state index in [1.54, 1.807) is 65.8 Å². The number of carbonyl (C=O) groups excluding carboxylic acids is 2. The third-order valence-electron chi connectivity index (χ3n) is 2.73. The fourth-order valence-electron chi connectivity index (χ4n) is 1.88. The Bertz CT molecular complexity index is 636. The highest BCUT2D eigenvalue weighted by Gasteiger charge is 2.31. The quantitative estimate of drug-likeness (QED) is 0.648. The molecule has 0 unspecified atom stereocenters. The van der Waals surface area contributed by atoms with Crippen LogP contribution >= 0.6 is 0 Å². The molecule has 1 rings (SSSR count). The second-order valence-electron chi connectivity index (χ2n) is 7.44. The van der Waals surface area contributed by atoms with Crippen LogP contribution in [0.25, 0.3) is 0 Å². The van der Waals surface area contributed by atoms with Crippen molar-refractivity contribution >= 4 is 12.2 Å². The summed E-state index contributed by atoms with van der Waals surface area (Å²) in [4.78, 5) is 24.7. The first-order valence-corrected chi connectivity index (χ1v) is 7.96. The Hall–Kier alpha value is -2.68. The molecule has 136 valence electrons. The molecular formula is C19H26N2O4. The van der Waals surface area contributed by atoms with Crippen LogP contribution in [0, 0.1) is 12.3 Å². The van der Waals surface area contributed by atoms with Crippen molar-refractivity contribution in [3.63, 3.8) is 0 Å². The molecule has 1 N–H and O–H groups in total. The predicted molar refractivity (Wildman–Crippen MR) is 95.5 cm³/mol. The van der Waals surface area contributed by atoms with E-state index in [0.29, 0.717) is 5.56 Å². The molecule has 1 atom stereocenters. The van der Waals surface area contributed by atoms with E-state index in [9.17, 15) is 9.59 Å². The SMILES string of the molecule is C#C[C@H](c1ccccc1)N(NC(=O)OC(C)(C)C)C(=O)OC(C)(C)C. The van der Waals surface area contributed by atoms with Crippen molar-refractivity contribution in [2.45, 2.75) is 58.8 Å². The third-order valence-corrected chi connectivity index (χ3v) is 2.73. The standard InChI is InChI=1S/C19H26N2O4/c1-8-15(14-12-10-9-11-13-14)21(17(23)25-19(5,6)7)20-16(22)24-18(2,3)4/h1,9-13,15H,2-7H3,(H,20,22)/t15-/m1/s1.